The van der Waals surface area contributed by atoms with Crippen LogP contribution in [0.25, 0.3) is 0 Å². The first-order chi connectivity index (χ1) is 14.8. The van der Waals surface area contributed by atoms with E-state index in [0.29, 0.717) is 29.7 Å². The summed E-state index contributed by atoms with van der Waals surface area (Å²) in [4.78, 5) is 30.1. The molecule has 0 saturated heterocycles. The lowest BCUT2D eigenvalue weighted by molar-refractivity contribution is -0.137. The molecule has 31 heavy (non-hydrogen) atoms. The number of rotatable bonds is 3. The van der Waals surface area contributed by atoms with Gasteiger partial charge in [0.1, 0.15) is 0 Å². The Kier molecular flexibility index (Phi) is 5.39. The Bertz CT molecular complexity index is 1100. The zero-order valence-corrected chi connectivity index (χ0v) is 16.7. The summed E-state index contributed by atoms with van der Waals surface area (Å²) in [7, 11) is 0. The molecular weight excluding hydrogens is 407 g/mol. The summed E-state index contributed by atoms with van der Waals surface area (Å²) in [6, 6.07) is 7.96. The van der Waals surface area contributed by atoms with E-state index in [1.54, 1.807) is 31.5 Å². The molecule has 0 fully saturated rings. The van der Waals surface area contributed by atoms with Crippen molar-refractivity contribution in [2.45, 2.75) is 38.3 Å². The minimum absolute atomic E-state index is 0.0309. The summed E-state index contributed by atoms with van der Waals surface area (Å²) in [5.74, 6) is -1.21. The molecule has 1 aromatic heterocycles. The minimum atomic E-state index is -4.52. The molecule has 0 unspecified atom stereocenters. The monoisotopic (exact) mass is 427 g/mol. The van der Waals surface area contributed by atoms with E-state index in [2.05, 4.69) is 15.6 Å². The zero-order valence-electron chi connectivity index (χ0n) is 16.7. The number of halogens is 3. The number of carbonyl (C=O) groups excluding carboxylic acids is 2. The molecule has 1 aliphatic carbocycles. The van der Waals surface area contributed by atoms with Gasteiger partial charge in [0.25, 0.3) is 5.91 Å². The molecule has 2 aromatic rings. The Morgan fingerprint density at radius 3 is 2.61 bits per heavy atom. The molecule has 0 spiro atoms. The number of benzene rings is 1. The zero-order chi connectivity index (χ0) is 22.2. The van der Waals surface area contributed by atoms with E-state index in [1.165, 1.54) is 12.1 Å². The van der Waals surface area contributed by atoms with Gasteiger partial charge in [-0.2, -0.15) is 13.2 Å². The molecule has 1 aromatic carbocycles. The second kappa shape index (κ2) is 8.02. The number of carbonyl (C=O) groups is 2. The quantitative estimate of drug-likeness (QED) is 0.745. The van der Waals surface area contributed by atoms with Crippen LogP contribution < -0.4 is 10.6 Å². The Hall–Kier alpha value is -3.42. The van der Waals surface area contributed by atoms with Crippen molar-refractivity contribution < 1.29 is 22.8 Å². The van der Waals surface area contributed by atoms with Crippen molar-refractivity contribution in [3.05, 3.63) is 82.5 Å². The summed E-state index contributed by atoms with van der Waals surface area (Å²) >= 11 is 0. The van der Waals surface area contributed by atoms with Gasteiger partial charge in [-0.15, -0.1) is 0 Å². The first-order valence-electron chi connectivity index (χ1n) is 9.88. The normalized spacial score (nSPS) is 19.1. The fraction of sp³-hybridized carbons (Fsp3) is 0.261. The number of dihydropyridines is 1. The third-order valence-corrected chi connectivity index (χ3v) is 5.51. The molecule has 8 heteroatoms. The van der Waals surface area contributed by atoms with Crippen LogP contribution in [0, 0.1) is 0 Å². The number of Topliss-reactive ketones (excluding diaryl/α,β-unsaturated/α-hetero) is 1. The van der Waals surface area contributed by atoms with Crippen LogP contribution in [-0.2, 0) is 15.8 Å². The van der Waals surface area contributed by atoms with Crippen molar-refractivity contribution in [2.24, 2.45) is 0 Å². The highest BCUT2D eigenvalue weighted by Gasteiger charge is 2.38. The Morgan fingerprint density at radius 2 is 1.90 bits per heavy atom. The van der Waals surface area contributed by atoms with Gasteiger partial charge in [-0.3, -0.25) is 14.6 Å². The van der Waals surface area contributed by atoms with Crippen LogP contribution in [0.5, 0.6) is 0 Å². The molecule has 0 radical (unpaired) electrons. The summed E-state index contributed by atoms with van der Waals surface area (Å²) < 4.78 is 39.2. The van der Waals surface area contributed by atoms with Crippen molar-refractivity contribution in [3.8, 4) is 0 Å². The SMILES string of the molecule is CC1=C(C(=O)Nc2cccc(C(F)(F)F)c2)[C@@H](c2ccncc2)C2=C(CCCC2=O)N1. The first-order valence-corrected chi connectivity index (χ1v) is 9.88. The highest BCUT2D eigenvalue weighted by atomic mass is 19.4. The molecule has 0 bridgehead atoms. The van der Waals surface area contributed by atoms with Crippen LogP contribution >= 0.6 is 0 Å². The molecule has 2 N–H and O–H groups in total. The van der Waals surface area contributed by atoms with Gasteiger partial charge in [-0.1, -0.05) is 6.07 Å². The maximum Gasteiger partial charge on any atom is 0.416 e. The number of pyridine rings is 1. The van der Waals surface area contributed by atoms with Gasteiger partial charge < -0.3 is 10.6 Å². The molecule has 2 aliphatic rings. The third kappa shape index (κ3) is 4.10. The smallest absolute Gasteiger partial charge is 0.362 e. The molecule has 4 rings (SSSR count). The highest BCUT2D eigenvalue weighted by Crippen LogP contribution is 2.42. The first kappa shape index (κ1) is 20.8. The van der Waals surface area contributed by atoms with E-state index in [9.17, 15) is 22.8 Å². The number of alkyl halides is 3. The largest absolute Gasteiger partial charge is 0.416 e. The topological polar surface area (TPSA) is 71.1 Å². The van der Waals surface area contributed by atoms with Crippen molar-refractivity contribution in [1.29, 1.82) is 0 Å². The number of nitrogens with zero attached hydrogens (tertiary/aromatic N) is 1. The number of aromatic nitrogens is 1. The van der Waals surface area contributed by atoms with Gasteiger partial charge in [0.15, 0.2) is 5.78 Å². The Balaban J connectivity index is 1.74. The predicted octanol–water partition coefficient (Wildman–Crippen LogP) is 4.71. The number of allylic oxidation sites excluding steroid dienone is 3. The fourth-order valence-electron chi connectivity index (χ4n) is 4.15. The number of nitrogens with one attached hydrogen (secondary N) is 2. The molecule has 0 saturated carbocycles. The number of amides is 1. The van der Waals surface area contributed by atoms with Crippen LogP contribution in [0.1, 0.15) is 43.2 Å². The van der Waals surface area contributed by atoms with Crippen LogP contribution in [0.15, 0.2) is 71.3 Å². The lowest BCUT2D eigenvalue weighted by Crippen LogP contribution is -2.35. The van der Waals surface area contributed by atoms with Crippen molar-refractivity contribution in [2.75, 3.05) is 5.32 Å². The summed E-state index contributed by atoms with van der Waals surface area (Å²) in [5.41, 5.74) is 2.12. The van der Waals surface area contributed by atoms with Gasteiger partial charge in [0.05, 0.1) is 5.56 Å². The van der Waals surface area contributed by atoms with E-state index in [0.717, 1.165) is 29.8 Å². The maximum atomic E-state index is 13.3. The van der Waals surface area contributed by atoms with Gasteiger partial charge in [-0.05, 0) is 55.7 Å². The van der Waals surface area contributed by atoms with Gasteiger partial charge in [-0.25, -0.2) is 0 Å². The molecule has 1 atom stereocenters. The van der Waals surface area contributed by atoms with Crippen molar-refractivity contribution >= 4 is 17.4 Å². The Labute approximate surface area is 177 Å². The average Bonchev–Trinajstić information content (AvgIpc) is 2.73. The molecule has 160 valence electrons. The second-order valence-corrected chi connectivity index (χ2v) is 7.58. The van der Waals surface area contributed by atoms with Crippen LogP contribution in [0.4, 0.5) is 18.9 Å². The van der Waals surface area contributed by atoms with E-state index in [-0.39, 0.29) is 11.5 Å². The molecular formula is C23H20F3N3O2. The van der Waals surface area contributed by atoms with E-state index < -0.39 is 23.6 Å². The van der Waals surface area contributed by atoms with Crippen LogP contribution in [0.3, 0.4) is 0 Å². The average molecular weight is 427 g/mol. The summed E-state index contributed by atoms with van der Waals surface area (Å²) in [6.45, 7) is 1.73. The van der Waals surface area contributed by atoms with Gasteiger partial charge in [0, 0.05) is 53.0 Å². The minimum Gasteiger partial charge on any atom is -0.362 e. The van der Waals surface area contributed by atoms with E-state index in [4.69, 9.17) is 0 Å². The summed E-state index contributed by atoms with van der Waals surface area (Å²) in [5, 5.41) is 5.76. The Morgan fingerprint density at radius 1 is 1.16 bits per heavy atom. The fourth-order valence-corrected chi connectivity index (χ4v) is 4.15. The van der Waals surface area contributed by atoms with Crippen LogP contribution in [-0.4, -0.2) is 16.7 Å². The van der Waals surface area contributed by atoms with Crippen LogP contribution in [0.2, 0.25) is 0 Å². The lowest BCUT2D eigenvalue weighted by atomic mass is 9.75. The van der Waals surface area contributed by atoms with Crippen molar-refractivity contribution in [3.63, 3.8) is 0 Å². The van der Waals surface area contributed by atoms with Gasteiger partial charge in [0.2, 0.25) is 0 Å². The number of hydrogen-bond donors (Lipinski definition) is 2. The molecule has 1 amide bonds. The molecule has 1 aliphatic heterocycles. The summed E-state index contributed by atoms with van der Waals surface area (Å²) in [6.07, 6.45) is 0.472. The van der Waals surface area contributed by atoms with Gasteiger partial charge >= 0.3 is 6.18 Å². The molecule has 2 heterocycles. The second-order valence-electron chi connectivity index (χ2n) is 7.58. The highest BCUT2D eigenvalue weighted by molar-refractivity contribution is 6.09. The third-order valence-electron chi connectivity index (χ3n) is 5.51. The maximum absolute atomic E-state index is 13.3. The standard InChI is InChI=1S/C23H20F3N3O2/c1-13-19(22(31)29-16-5-2-4-15(12-16)23(24,25)26)20(14-8-10-27-11-9-14)21-17(28-13)6-3-7-18(21)30/h2,4-5,8-12,20,28H,3,6-7H2,1H3,(H,29,31)/t20-/m1/s1. The lowest BCUT2D eigenvalue weighted by Gasteiger charge is -2.34. The van der Waals surface area contributed by atoms with Crippen molar-refractivity contribution in [1.82, 2.24) is 10.3 Å². The number of hydrogen-bond acceptors (Lipinski definition) is 4. The van der Waals surface area contributed by atoms with E-state index in [1.807, 2.05) is 0 Å². The molecule has 5 nitrogen and oxygen atoms in total. The predicted molar refractivity (Wildman–Crippen MR) is 109 cm³/mol. The number of ketones is 1. The van der Waals surface area contributed by atoms with E-state index >= 15 is 0 Å². The number of anilines is 1.